The van der Waals surface area contributed by atoms with Crippen LogP contribution in [0.25, 0.3) is 0 Å². The third-order valence-electron chi connectivity index (χ3n) is 2.71. The van der Waals surface area contributed by atoms with Crippen molar-refractivity contribution in [3.63, 3.8) is 0 Å². The Hall–Kier alpha value is -1.64. The topological polar surface area (TPSA) is 27.7 Å². The van der Waals surface area contributed by atoms with E-state index >= 15 is 0 Å². The monoisotopic (exact) mass is 220 g/mol. The molecule has 0 bridgehead atoms. The highest BCUT2D eigenvalue weighted by atomic mass is 16.5. The molecular formula is C13H16O3. The molecule has 0 fully saturated rings. The van der Waals surface area contributed by atoms with Gasteiger partial charge in [0, 0.05) is 17.7 Å². The van der Waals surface area contributed by atoms with Crippen molar-refractivity contribution in [3.8, 4) is 17.2 Å². The Labute approximate surface area is 95.6 Å². The molecule has 0 unspecified atom stereocenters. The van der Waals surface area contributed by atoms with Gasteiger partial charge in [-0.15, -0.1) is 0 Å². The highest BCUT2D eigenvalue weighted by Crippen LogP contribution is 2.36. The summed E-state index contributed by atoms with van der Waals surface area (Å²) >= 11 is 0. The first kappa shape index (κ1) is 10.9. The molecule has 1 aromatic rings. The van der Waals surface area contributed by atoms with Gasteiger partial charge >= 0.3 is 0 Å². The fourth-order valence-corrected chi connectivity index (χ4v) is 1.75. The van der Waals surface area contributed by atoms with Crippen molar-refractivity contribution in [3.05, 3.63) is 29.3 Å². The van der Waals surface area contributed by atoms with Gasteiger partial charge in [0.1, 0.15) is 23.9 Å². The molecule has 1 aromatic carbocycles. The van der Waals surface area contributed by atoms with Gasteiger partial charge in [0.2, 0.25) is 0 Å². The van der Waals surface area contributed by atoms with E-state index in [1.807, 2.05) is 12.1 Å². The molecule has 0 amide bonds. The van der Waals surface area contributed by atoms with Crippen LogP contribution >= 0.6 is 0 Å². The minimum Gasteiger partial charge on any atom is -0.496 e. The Morgan fingerprint density at radius 3 is 2.69 bits per heavy atom. The minimum absolute atomic E-state index is 0.628. The number of fused-ring (bicyclic) bond motifs is 1. The quantitative estimate of drug-likeness (QED) is 0.717. The van der Waals surface area contributed by atoms with Crippen LogP contribution in [0.2, 0.25) is 0 Å². The summed E-state index contributed by atoms with van der Waals surface area (Å²) in [5.74, 6) is 2.43. The van der Waals surface area contributed by atoms with Gasteiger partial charge in [0.05, 0.1) is 14.2 Å². The van der Waals surface area contributed by atoms with E-state index in [4.69, 9.17) is 14.2 Å². The molecule has 0 aliphatic carbocycles. The van der Waals surface area contributed by atoms with E-state index in [1.165, 1.54) is 5.57 Å². The fraction of sp³-hybridized carbons (Fsp3) is 0.385. The van der Waals surface area contributed by atoms with Crippen LogP contribution in [-0.4, -0.2) is 20.8 Å². The van der Waals surface area contributed by atoms with Gasteiger partial charge in [0.25, 0.3) is 0 Å². The van der Waals surface area contributed by atoms with Gasteiger partial charge < -0.3 is 14.2 Å². The van der Waals surface area contributed by atoms with E-state index in [2.05, 4.69) is 13.0 Å². The lowest BCUT2D eigenvalue weighted by atomic mass is 10.1. The van der Waals surface area contributed by atoms with Crippen molar-refractivity contribution in [2.45, 2.75) is 13.3 Å². The molecule has 86 valence electrons. The number of benzene rings is 1. The number of hydrogen-bond acceptors (Lipinski definition) is 3. The van der Waals surface area contributed by atoms with Crippen molar-refractivity contribution in [1.82, 2.24) is 0 Å². The zero-order chi connectivity index (χ0) is 11.5. The van der Waals surface area contributed by atoms with E-state index in [1.54, 1.807) is 14.2 Å². The van der Waals surface area contributed by atoms with Gasteiger partial charge in [0.15, 0.2) is 0 Å². The van der Waals surface area contributed by atoms with Gasteiger partial charge in [-0.05, 0) is 18.9 Å². The Kier molecular flexibility index (Phi) is 3.04. The molecule has 0 aromatic heterocycles. The molecule has 16 heavy (non-hydrogen) atoms. The lowest BCUT2D eigenvalue weighted by Crippen LogP contribution is -1.99. The predicted molar refractivity (Wildman–Crippen MR) is 62.5 cm³/mol. The van der Waals surface area contributed by atoms with Crippen molar-refractivity contribution in [2.24, 2.45) is 0 Å². The van der Waals surface area contributed by atoms with E-state index < -0.39 is 0 Å². The Morgan fingerprint density at radius 1 is 1.19 bits per heavy atom. The summed E-state index contributed by atoms with van der Waals surface area (Å²) in [6.45, 7) is 2.69. The molecule has 1 aliphatic rings. The first-order chi connectivity index (χ1) is 7.74. The molecule has 0 N–H and O–H groups in total. The van der Waals surface area contributed by atoms with Gasteiger partial charge in [-0.3, -0.25) is 0 Å². The van der Waals surface area contributed by atoms with E-state index in [9.17, 15) is 0 Å². The largest absolute Gasteiger partial charge is 0.496 e. The maximum Gasteiger partial charge on any atom is 0.130 e. The number of rotatable bonds is 2. The highest BCUT2D eigenvalue weighted by Gasteiger charge is 2.15. The summed E-state index contributed by atoms with van der Waals surface area (Å²) in [6, 6.07) is 3.79. The van der Waals surface area contributed by atoms with Crippen molar-refractivity contribution in [2.75, 3.05) is 20.8 Å². The first-order valence-electron chi connectivity index (χ1n) is 5.28. The predicted octanol–water partition coefficient (Wildman–Crippen LogP) is 2.59. The SMILES string of the molecule is COc1cc(OC)c2c(c1)OCC(C)=CC2. The second kappa shape index (κ2) is 4.47. The second-order valence-corrected chi connectivity index (χ2v) is 3.85. The summed E-state index contributed by atoms with van der Waals surface area (Å²) in [6.07, 6.45) is 3.01. The Bertz CT molecular complexity index is 421. The van der Waals surface area contributed by atoms with Crippen LogP contribution in [0.5, 0.6) is 17.2 Å². The first-order valence-corrected chi connectivity index (χ1v) is 5.28. The fourth-order valence-electron chi connectivity index (χ4n) is 1.75. The minimum atomic E-state index is 0.628. The lowest BCUT2D eigenvalue weighted by Gasteiger charge is -2.13. The summed E-state index contributed by atoms with van der Waals surface area (Å²) in [5.41, 5.74) is 2.32. The molecule has 3 heteroatoms. The Morgan fingerprint density at radius 2 is 2.00 bits per heavy atom. The smallest absolute Gasteiger partial charge is 0.130 e. The average Bonchev–Trinajstić information content (AvgIpc) is 2.50. The third kappa shape index (κ3) is 1.98. The molecule has 1 aliphatic heterocycles. The molecule has 0 atom stereocenters. The molecule has 2 rings (SSSR count). The van der Waals surface area contributed by atoms with Crippen molar-refractivity contribution in [1.29, 1.82) is 0 Å². The number of ether oxygens (including phenoxy) is 3. The van der Waals surface area contributed by atoms with Gasteiger partial charge in [-0.1, -0.05) is 6.08 Å². The van der Waals surface area contributed by atoms with Crippen LogP contribution in [0, 0.1) is 0 Å². The van der Waals surface area contributed by atoms with Crippen molar-refractivity contribution >= 4 is 0 Å². The number of allylic oxidation sites excluding steroid dienone is 1. The zero-order valence-corrected chi connectivity index (χ0v) is 9.87. The van der Waals surface area contributed by atoms with Crippen LogP contribution in [0.4, 0.5) is 0 Å². The Balaban J connectivity index is 2.46. The number of hydrogen-bond donors (Lipinski definition) is 0. The highest BCUT2D eigenvalue weighted by molar-refractivity contribution is 5.52. The molecule has 1 heterocycles. The molecule has 0 radical (unpaired) electrons. The second-order valence-electron chi connectivity index (χ2n) is 3.85. The van der Waals surface area contributed by atoms with Crippen LogP contribution in [0.15, 0.2) is 23.8 Å². The molecule has 3 nitrogen and oxygen atoms in total. The molecule has 0 saturated heterocycles. The molecular weight excluding hydrogens is 204 g/mol. The zero-order valence-electron chi connectivity index (χ0n) is 9.87. The normalized spacial score (nSPS) is 14.3. The van der Waals surface area contributed by atoms with Crippen LogP contribution < -0.4 is 14.2 Å². The summed E-state index contributed by atoms with van der Waals surface area (Å²) in [4.78, 5) is 0. The van der Waals surface area contributed by atoms with Gasteiger partial charge in [-0.25, -0.2) is 0 Å². The summed E-state index contributed by atoms with van der Waals surface area (Å²) < 4.78 is 16.3. The molecule has 0 saturated carbocycles. The van der Waals surface area contributed by atoms with Gasteiger partial charge in [-0.2, -0.15) is 0 Å². The summed E-state index contributed by atoms with van der Waals surface area (Å²) in [5, 5.41) is 0. The van der Waals surface area contributed by atoms with E-state index in [-0.39, 0.29) is 0 Å². The summed E-state index contributed by atoms with van der Waals surface area (Å²) in [7, 11) is 3.30. The maximum atomic E-state index is 5.72. The third-order valence-corrected chi connectivity index (χ3v) is 2.71. The standard InChI is InChI=1S/C13H16O3/c1-9-4-5-11-12(15-3)6-10(14-2)7-13(11)16-8-9/h4,6-7H,5,8H2,1-3H3. The maximum absolute atomic E-state index is 5.72. The van der Waals surface area contributed by atoms with Crippen molar-refractivity contribution < 1.29 is 14.2 Å². The van der Waals surface area contributed by atoms with E-state index in [0.717, 1.165) is 29.2 Å². The average molecular weight is 220 g/mol. The van der Waals surface area contributed by atoms with Crippen LogP contribution in [-0.2, 0) is 6.42 Å². The molecule has 0 spiro atoms. The van der Waals surface area contributed by atoms with Crippen LogP contribution in [0.3, 0.4) is 0 Å². The lowest BCUT2D eigenvalue weighted by molar-refractivity contribution is 0.339. The van der Waals surface area contributed by atoms with E-state index in [0.29, 0.717) is 6.61 Å². The number of methoxy groups -OCH3 is 2. The van der Waals surface area contributed by atoms with Crippen LogP contribution in [0.1, 0.15) is 12.5 Å².